The van der Waals surface area contributed by atoms with Gasteiger partial charge in [-0.2, -0.15) is 0 Å². The second kappa shape index (κ2) is 5.02. The standard InChI is InChI=1S/C13H21N3O2S/c1-9(2)8-16(10-3-4-10)13-6-5-11(7-12(13)14)19(15,17)18/h5-7,9-10H,3-4,8,14H2,1-2H3,(H2,15,17,18). The summed E-state index contributed by atoms with van der Waals surface area (Å²) in [6.07, 6.45) is 2.34. The number of nitrogen functional groups attached to an aromatic ring is 1. The van der Waals surface area contributed by atoms with Crippen molar-refractivity contribution in [2.24, 2.45) is 11.1 Å². The number of sulfonamides is 1. The number of benzene rings is 1. The maximum Gasteiger partial charge on any atom is 0.238 e. The minimum absolute atomic E-state index is 0.0639. The molecule has 1 saturated carbocycles. The summed E-state index contributed by atoms with van der Waals surface area (Å²) < 4.78 is 22.6. The summed E-state index contributed by atoms with van der Waals surface area (Å²) >= 11 is 0. The zero-order valence-electron chi connectivity index (χ0n) is 11.3. The first-order chi connectivity index (χ1) is 8.79. The van der Waals surface area contributed by atoms with Crippen LogP contribution >= 0.6 is 0 Å². The van der Waals surface area contributed by atoms with E-state index in [-0.39, 0.29) is 4.90 Å². The van der Waals surface area contributed by atoms with Crippen molar-refractivity contribution in [3.05, 3.63) is 18.2 Å². The van der Waals surface area contributed by atoms with Gasteiger partial charge in [0.05, 0.1) is 16.3 Å². The van der Waals surface area contributed by atoms with Crippen LogP contribution in [0.25, 0.3) is 0 Å². The molecular formula is C13H21N3O2S. The largest absolute Gasteiger partial charge is 0.397 e. The first-order valence-corrected chi connectivity index (χ1v) is 8.02. The maximum atomic E-state index is 11.3. The van der Waals surface area contributed by atoms with E-state index in [2.05, 4.69) is 18.7 Å². The SMILES string of the molecule is CC(C)CN(c1ccc(S(N)(=O)=O)cc1N)C1CC1. The number of nitrogens with two attached hydrogens (primary N) is 2. The summed E-state index contributed by atoms with van der Waals surface area (Å²) in [5.41, 5.74) is 7.38. The molecule has 5 nitrogen and oxygen atoms in total. The van der Waals surface area contributed by atoms with Crippen molar-refractivity contribution in [2.45, 2.75) is 37.6 Å². The molecule has 1 aromatic rings. The van der Waals surface area contributed by atoms with Crippen LogP contribution in [0.5, 0.6) is 0 Å². The summed E-state index contributed by atoms with van der Waals surface area (Å²) in [6.45, 7) is 5.23. The molecule has 106 valence electrons. The molecule has 0 bridgehead atoms. The topological polar surface area (TPSA) is 89.4 Å². The highest BCUT2D eigenvalue weighted by atomic mass is 32.2. The Bertz CT molecular complexity index is 565. The van der Waals surface area contributed by atoms with Crippen molar-refractivity contribution in [2.75, 3.05) is 17.2 Å². The van der Waals surface area contributed by atoms with Crippen molar-refractivity contribution < 1.29 is 8.42 Å². The Hall–Kier alpha value is -1.27. The molecule has 19 heavy (non-hydrogen) atoms. The van der Waals surface area contributed by atoms with Gasteiger partial charge in [-0.3, -0.25) is 0 Å². The van der Waals surface area contributed by atoms with Crippen molar-refractivity contribution in [1.82, 2.24) is 0 Å². The average Bonchev–Trinajstić information content (AvgIpc) is 3.08. The van der Waals surface area contributed by atoms with Crippen LogP contribution in [0.2, 0.25) is 0 Å². The smallest absolute Gasteiger partial charge is 0.238 e. The van der Waals surface area contributed by atoms with Gasteiger partial charge in [0.1, 0.15) is 0 Å². The van der Waals surface area contributed by atoms with Gasteiger partial charge in [0.2, 0.25) is 10.0 Å². The third kappa shape index (κ3) is 3.39. The van der Waals surface area contributed by atoms with E-state index in [9.17, 15) is 8.42 Å². The molecule has 0 aliphatic heterocycles. The number of rotatable bonds is 5. The number of hydrogen-bond donors (Lipinski definition) is 2. The highest BCUT2D eigenvalue weighted by Crippen LogP contribution is 2.36. The Balaban J connectivity index is 2.33. The fraction of sp³-hybridized carbons (Fsp3) is 0.538. The summed E-state index contributed by atoms with van der Waals surface area (Å²) in [6, 6.07) is 5.26. The van der Waals surface area contributed by atoms with Gasteiger partial charge in [-0.25, -0.2) is 13.6 Å². The number of hydrogen-bond acceptors (Lipinski definition) is 4. The average molecular weight is 283 g/mol. The summed E-state index contributed by atoms with van der Waals surface area (Å²) in [5, 5.41) is 5.11. The van der Waals surface area contributed by atoms with Crippen LogP contribution in [0.3, 0.4) is 0 Å². The van der Waals surface area contributed by atoms with Crippen LogP contribution in [0, 0.1) is 5.92 Å². The lowest BCUT2D eigenvalue weighted by molar-refractivity contribution is 0.597. The fourth-order valence-corrected chi connectivity index (χ4v) is 2.74. The molecule has 4 N–H and O–H groups in total. The Morgan fingerprint density at radius 3 is 2.42 bits per heavy atom. The lowest BCUT2D eigenvalue weighted by Gasteiger charge is -2.28. The predicted molar refractivity (Wildman–Crippen MR) is 77.4 cm³/mol. The second-order valence-electron chi connectivity index (χ2n) is 5.54. The van der Waals surface area contributed by atoms with E-state index in [1.165, 1.54) is 25.0 Å². The molecule has 0 saturated heterocycles. The molecule has 1 aliphatic rings. The monoisotopic (exact) mass is 283 g/mol. The van der Waals surface area contributed by atoms with E-state index in [0.717, 1.165) is 12.2 Å². The molecule has 1 fully saturated rings. The fourth-order valence-electron chi connectivity index (χ4n) is 2.19. The van der Waals surface area contributed by atoms with Crippen LogP contribution in [-0.4, -0.2) is 21.0 Å². The summed E-state index contributed by atoms with van der Waals surface area (Å²) in [4.78, 5) is 2.33. The summed E-state index contributed by atoms with van der Waals surface area (Å²) in [7, 11) is -3.69. The van der Waals surface area contributed by atoms with Gasteiger partial charge in [0, 0.05) is 12.6 Å². The Labute approximate surface area is 114 Å². The van der Waals surface area contributed by atoms with Crippen LogP contribution in [-0.2, 0) is 10.0 Å². The molecule has 0 amide bonds. The highest BCUT2D eigenvalue weighted by Gasteiger charge is 2.30. The molecule has 6 heteroatoms. The van der Waals surface area contributed by atoms with E-state index in [0.29, 0.717) is 17.6 Å². The Morgan fingerprint density at radius 2 is 2.00 bits per heavy atom. The molecule has 0 heterocycles. The van der Waals surface area contributed by atoms with Gasteiger partial charge in [0.15, 0.2) is 0 Å². The molecule has 0 spiro atoms. The van der Waals surface area contributed by atoms with Gasteiger partial charge in [0.25, 0.3) is 0 Å². The molecule has 0 unspecified atom stereocenters. The van der Waals surface area contributed by atoms with Crippen LogP contribution in [0.15, 0.2) is 23.1 Å². The van der Waals surface area contributed by atoms with E-state index >= 15 is 0 Å². The van der Waals surface area contributed by atoms with E-state index in [1.54, 1.807) is 6.07 Å². The number of primary sulfonamides is 1. The van der Waals surface area contributed by atoms with Crippen molar-refractivity contribution in [3.8, 4) is 0 Å². The zero-order valence-corrected chi connectivity index (χ0v) is 12.2. The quantitative estimate of drug-likeness (QED) is 0.802. The van der Waals surface area contributed by atoms with Gasteiger partial charge in [-0.15, -0.1) is 0 Å². The van der Waals surface area contributed by atoms with Gasteiger partial charge < -0.3 is 10.6 Å². The van der Waals surface area contributed by atoms with Gasteiger partial charge >= 0.3 is 0 Å². The maximum absolute atomic E-state index is 11.3. The Kier molecular flexibility index (Phi) is 3.73. The first-order valence-electron chi connectivity index (χ1n) is 6.48. The molecular weight excluding hydrogens is 262 g/mol. The third-order valence-electron chi connectivity index (χ3n) is 3.19. The molecule has 0 radical (unpaired) electrons. The lowest BCUT2D eigenvalue weighted by atomic mass is 10.1. The molecule has 0 atom stereocenters. The Morgan fingerprint density at radius 1 is 1.37 bits per heavy atom. The molecule has 1 aromatic carbocycles. The van der Waals surface area contributed by atoms with Crippen molar-refractivity contribution >= 4 is 21.4 Å². The van der Waals surface area contributed by atoms with Gasteiger partial charge in [-0.1, -0.05) is 13.8 Å². The molecule has 0 aromatic heterocycles. The minimum atomic E-state index is -3.69. The number of anilines is 2. The van der Waals surface area contributed by atoms with E-state index in [4.69, 9.17) is 10.9 Å². The van der Waals surface area contributed by atoms with Crippen LogP contribution in [0.4, 0.5) is 11.4 Å². The highest BCUT2D eigenvalue weighted by molar-refractivity contribution is 7.89. The third-order valence-corrected chi connectivity index (χ3v) is 4.10. The normalized spacial score (nSPS) is 15.8. The molecule has 2 rings (SSSR count). The van der Waals surface area contributed by atoms with E-state index < -0.39 is 10.0 Å². The van der Waals surface area contributed by atoms with Crippen molar-refractivity contribution in [3.63, 3.8) is 0 Å². The predicted octanol–water partition coefficient (Wildman–Crippen LogP) is 1.54. The van der Waals surface area contributed by atoms with Crippen LogP contribution in [0.1, 0.15) is 26.7 Å². The summed E-state index contributed by atoms with van der Waals surface area (Å²) in [5.74, 6) is 0.526. The molecule has 1 aliphatic carbocycles. The number of nitrogens with zero attached hydrogens (tertiary/aromatic N) is 1. The first kappa shape index (κ1) is 14.1. The zero-order chi connectivity index (χ0) is 14.2. The van der Waals surface area contributed by atoms with Crippen LogP contribution < -0.4 is 15.8 Å². The van der Waals surface area contributed by atoms with Crippen molar-refractivity contribution in [1.29, 1.82) is 0 Å². The van der Waals surface area contributed by atoms with E-state index in [1.807, 2.05) is 0 Å². The lowest BCUT2D eigenvalue weighted by Crippen LogP contribution is -2.30. The minimum Gasteiger partial charge on any atom is -0.397 e. The second-order valence-corrected chi connectivity index (χ2v) is 7.10. The van der Waals surface area contributed by atoms with Gasteiger partial charge in [-0.05, 0) is 37.0 Å².